The molecule has 280 valence electrons. The number of carbonyl (C=O) groups excluding carboxylic acids is 3. The molecule has 1 amide bonds. The molecule has 54 heavy (non-hydrogen) atoms. The van der Waals surface area contributed by atoms with Crippen molar-refractivity contribution in [2.24, 2.45) is 5.92 Å². The Kier molecular flexibility index (Phi) is 11.1. The molecule has 7 rings (SSSR count). The summed E-state index contributed by atoms with van der Waals surface area (Å²) in [6.45, 7) is 8.73. The summed E-state index contributed by atoms with van der Waals surface area (Å²) in [5.41, 5.74) is 5.52. The number of aromatic nitrogens is 2. The summed E-state index contributed by atoms with van der Waals surface area (Å²) < 4.78 is 13.5. The van der Waals surface area contributed by atoms with Crippen LogP contribution in [0, 0.1) is 12.8 Å². The van der Waals surface area contributed by atoms with Crippen LogP contribution in [0.5, 0.6) is 5.75 Å². The number of nitrogens with zero attached hydrogens (tertiary/aromatic N) is 3. The number of pyridine rings is 1. The van der Waals surface area contributed by atoms with Gasteiger partial charge in [0.05, 0.1) is 16.3 Å². The summed E-state index contributed by atoms with van der Waals surface area (Å²) in [7, 11) is 0. The van der Waals surface area contributed by atoms with Gasteiger partial charge in [-0.15, -0.1) is 0 Å². The Bertz CT molecular complexity index is 2130. The Morgan fingerprint density at radius 2 is 1.74 bits per heavy atom. The predicted molar refractivity (Wildman–Crippen MR) is 215 cm³/mol. The van der Waals surface area contributed by atoms with E-state index in [0.717, 1.165) is 89.5 Å². The van der Waals surface area contributed by atoms with Gasteiger partial charge in [-0.05, 0) is 131 Å². The number of benzene rings is 3. The number of nitrogens with one attached hydrogen (secondary N) is 1. The Balaban J connectivity index is 1.13. The molecule has 1 N–H and O–H groups in total. The smallest absolute Gasteiger partial charge is 0.358 e. The molecule has 10 heteroatoms. The first-order valence-electron chi connectivity index (χ1n) is 19.0. The molecule has 9 nitrogen and oxygen atoms in total. The van der Waals surface area contributed by atoms with Crippen LogP contribution in [0.15, 0.2) is 72.8 Å². The van der Waals surface area contributed by atoms with Crippen LogP contribution < -0.4 is 15.0 Å². The second kappa shape index (κ2) is 16.1. The van der Waals surface area contributed by atoms with Crippen molar-refractivity contribution in [2.75, 3.05) is 16.8 Å². The third-order valence-corrected chi connectivity index (χ3v) is 11.4. The van der Waals surface area contributed by atoms with Gasteiger partial charge >= 0.3 is 5.97 Å². The monoisotopic (exact) mass is 744 g/mol. The van der Waals surface area contributed by atoms with Crippen molar-refractivity contribution in [1.29, 1.82) is 0 Å². The van der Waals surface area contributed by atoms with E-state index >= 15 is 0 Å². The van der Waals surface area contributed by atoms with Gasteiger partial charge in [-0.3, -0.25) is 10.1 Å². The normalized spacial score (nSPS) is 17.1. The van der Waals surface area contributed by atoms with Crippen LogP contribution in [-0.2, 0) is 22.5 Å². The molecule has 0 spiro atoms. The first-order valence-corrected chi connectivity index (χ1v) is 19.8. The average molecular weight is 745 g/mol. The molecule has 1 fully saturated rings. The van der Waals surface area contributed by atoms with Crippen LogP contribution in [0.4, 0.5) is 10.9 Å². The van der Waals surface area contributed by atoms with Crippen LogP contribution in [-0.4, -0.2) is 46.4 Å². The van der Waals surface area contributed by atoms with E-state index in [9.17, 15) is 14.4 Å². The first-order chi connectivity index (χ1) is 26.1. The van der Waals surface area contributed by atoms with Crippen molar-refractivity contribution in [1.82, 2.24) is 9.97 Å². The number of esters is 1. The van der Waals surface area contributed by atoms with Crippen molar-refractivity contribution in [3.63, 3.8) is 0 Å². The Labute approximate surface area is 321 Å². The van der Waals surface area contributed by atoms with Gasteiger partial charge in [0.25, 0.3) is 5.91 Å². The van der Waals surface area contributed by atoms with Crippen molar-refractivity contribution >= 4 is 50.7 Å². The number of hydrogen-bond donors (Lipinski definition) is 1. The van der Waals surface area contributed by atoms with Crippen LogP contribution in [0.1, 0.15) is 103 Å². The molecule has 2 aliphatic rings. The van der Waals surface area contributed by atoms with E-state index in [1.54, 1.807) is 0 Å². The molecule has 1 aliphatic carbocycles. The van der Waals surface area contributed by atoms with Crippen LogP contribution >= 0.6 is 11.3 Å². The van der Waals surface area contributed by atoms with Crippen molar-refractivity contribution in [2.45, 2.75) is 97.3 Å². The van der Waals surface area contributed by atoms with Gasteiger partial charge in [-0.25, -0.2) is 14.8 Å². The van der Waals surface area contributed by atoms with Crippen molar-refractivity contribution in [3.05, 3.63) is 101 Å². The number of hydrogen-bond acceptors (Lipinski definition) is 9. The predicted octanol–water partition coefficient (Wildman–Crippen LogP) is 9.74. The minimum Gasteiger partial charge on any atom is -0.490 e. The van der Waals surface area contributed by atoms with E-state index in [1.807, 2.05) is 94.4 Å². The molecule has 0 radical (unpaired) electrons. The maximum Gasteiger partial charge on any atom is 0.358 e. The van der Waals surface area contributed by atoms with Gasteiger partial charge in [0.2, 0.25) is 0 Å². The SMILES string of the molecule is Cc1c(OC2CCC(CCCC=O)CC2)cccc1-c1ccc(N2CCc3cccc(C(=O)Nc4nc5ccccc5s4)c3C2)nc1C(=O)OC(C)(C)C. The lowest BCUT2D eigenvalue weighted by Crippen LogP contribution is -2.33. The lowest BCUT2D eigenvalue weighted by molar-refractivity contribution is -0.108. The van der Waals surface area contributed by atoms with Gasteiger partial charge in [0.1, 0.15) is 23.5 Å². The highest BCUT2D eigenvalue weighted by Gasteiger charge is 2.29. The fraction of sp³-hybridized carbons (Fsp3) is 0.386. The third kappa shape index (κ3) is 8.49. The summed E-state index contributed by atoms with van der Waals surface area (Å²) in [6.07, 6.45) is 8.74. The van der Waals surface area contributed by atoms with Crippen molar-refractivity contribution in [3.8, 4) is 16.9 Å². The summed E-state index contributed by atoms with van der Waals surface area (Å²) in [5.74, 6) is 1.40. The zero-order chi connectivity index (χ0) is 37.8. The Hall–Kier alpha value is -5.09. The lowest BCUT2D eigenvalue weighted by Gasteiger charge is -2.31. The number of para-hydroxylation sites is 1. The number of aldehydes is 1. The second-order valence-corrected chi connectivity index (χ2v) is 16.4. The van der Waals surface area contributed by atoms with Crippen LogP contribution in [0.25, 0.3) is 21.3 Å². The number of thiazole rings is 1. The number of carbonyl (C=O) groups is 3. The number of anilines is 2. The number of unbranched alkanes of at least 4 members (excludes halogenated alkanes) is 1. The number of rotatable bonds is 11. The molecule has 1 saturated carbocycles. The minimum atomic E-state index is -0.715. The highest BCUT2D eigenvalue weighted by atomic mass is 32.1. The molecular formula is C44H48N4O5S. The maximum atomic E-state index is 13.9. The molecule has 0 saturated heterocycles. The molecular weight excluding hydrogens is 697 g/mol. The molecule has 1 aliphatic heterocycles. The van der Waals surface area contributed by atoms with E-state index in [-0.39, 0.29) is 17.7 Å². The van der Waals surface area contributed by atoms with Crippen LogP contribution in [0.3, 0.4) is 0 Å². The first kappa shape index (κ1) is 37.2. The summed E-state index contributed by atoms with van der Waals surface area (Å²) in [4.78, 5) is 50.0. The van der Waals surface area contributed by atoms with Crippen molar-refractivity contribution < 1.29 is 23.9 Å². The van der Waals surface area contributed by atoms with Gasteiger partial charge in [0, 0.05) is 30.6 Å². The van der Waals surface area contributed by atoms with E-state index in [1.165, 1.54) is 11.3 Å². The highest BCUT2D eigenvalue weighted by molar-refractivity contribution is 7.22. The Morgan fingerprint density at radius 3 is 2.52 bits per heavy atom. The van der Waals surface area contributed by atoms with Gasteiger partial charge in [-0.2, -0.15) is 0 Å². The molecule has 2 aromatic heterocycles. The quantitative estimate of drug-likeness (QED) is 0.0809. The van der Waals surface area contributed by atoms with E-state index in [2.05, 4.69) is 21.3 Å². The summed E-state index contributed by atoms with van der Waals surface area (Å²) in [5, 5.41) is 3.58. The number of amides is 1. The molecule has 5 aromatic rings. The standard InChI is InChI=1S/C44H48N4O5S/c1-28-32(13-10-16-37(28)52-31-20-18-29(19-21-31)11-7-8-26-49)33-22-23-39(46-40(33)42(51)53-44(2,3)4)48-25-24-30-12-9-14-34(35(30)27-48)41(50)47-43-45-36-15-5-6-17-38(36)54-43/h5-6,9-10,12-17,22-23,26,29,31H,7-8,11,18-21,24-25,27H2,1-4H3,(H,45,47,50). The highest BCUT2D eigenvalue weighted by Crippen LogP contribution is 2.37. The second-order valence-electron chi connectivity index (χ2n) is 15.4. The van der Waals surface area contributed by atoms with Crippen LogP contribution in [0.2, 0.25) is 0 Å². The van der Waals surface area contributed by atoms with E-state index in [4.69, 9.17) is 14.5 Å². The maximum absolute atomic E-state index is 13.9. The fourth-order valence-electron chi connectivity index (χ4n) is 7.65. The number of ether oxygens (including phenoxy) is 2. The molecule has 0 unspecified atom stereocenters. The van der Waals surface area contributed by atoms with Gasteiger partial charge < -0.3 is 19.2 Å². The molecule has 3 aromatic carbocycles. The zero-order valence-corrected chi connectivity index (χ0v) is 32.3. The number of fused-ring (bicyclic) bond motifs is 2. The van der Waals surface area contributed by atoms with E-state index < -0.39 is 11.6 Å². The topological polar surface area (TPSA) is 111 Å². The zero-order valence-electron chi connectivity index (χ0n) is 31.5. The largest absolute Gasteiger partial charge is 0.490 e. The molecule has 0 bridgehead atoms. The van der Waals surface area contributed by atoms with Gasteiger partial charge in [-0.1, -0.05) is 54.2 Å². The summed E-state index contributed by atoms with van der Waals surface area (Å²) >= 11 is 1.45. The summed E-state index contributed by atoms with van der Waals surface area (Å²) in [6, 6.07) is 23.6. The third-order valence-electron chi connectivity index (χ3n) is 10.4. The Morgan fingerprint density at radius 1 is 0.944 bits per heavy atom. The fourth-order valence-corrected chi connectivity index (χ4v) is 8.51. The van der Waals surface area contributed by atoms with Gasteiger partial charge in [0.15, 0.2) is 10.8 Å². The average Bonchev–Trinajstić information content (AvgIpc) is 3.57. The molecule has 3 heterocycles. The van der Waals surface area contributed by atoms with E-state index in [0.29, 0.717) is 47.5 Å². The molecule has 0 atom stereocenters. The minimum absolute atomic E-state index is 0.127. The lowest BCUT2D eigenvalue weighted by atomic mass is 9.84.